The van der Waals surface area contributed by atoms with Gasteiger partial charge in [0, 0.05) is 11.6 Å². The van der Waals surface area contributed by atoms with Gasteiger partial charge in [-0.3, -0.25) is 4.79 Å². The van der Waals surface area contributed by atoms with Crippen LogP contribution in [-0.2, 0) is 0 Å². The number of benzene rings is 1. The number of hydrogen-bond donors (Lipinski definition) is 1. The smallest absolute Gasteiger partial charge is 0.251 e. The summed E-state index contributed by atoms with van der Waals surface area (Å²) in [7, 11) is 0. The van der Waals surface area contributed by atoms with Gasteiger partial charge < -0.3 is 5.32 Å². The van der Waals surface area contributed by atoms with Gasteiger partial charge in [-0.2, -0.15) is 0 Å². The Morgan fingerprint density at radius 1 is 1.31 bits per heavy atom. The summed E-state index contributed by atoms with van der Waals surface area (Å²) in [6.45, 7) is 3.89. The van der Waals surface area contributed by atoms with Crippen LogP contribution in [-0.4, -0.2) is 28.2 Å². The molecule has 0 aliphatic heterocycles. The quantitative estimate of drug-likeness (QED) is 0.679. The van der Waals surface area contributed by atoms with E-state index < -0.39 is 0 Å². The highest BCUT2D eigenvalue weighted by atomic mass is 27.0. The van der Waals surface area contributed by atoms with E-state index in [1.54, 1.807) is 0 Å². The van der Waals surface area contributed by atoms with Gasteiger partial charge in [-0.05, 0) is 13.8 Å². The maximum atomic E-state index is 11.4. The van der Waals surface area contributed by atoms with Gasteiger partial charge in [-0.15, -0.1) is 4.43 Å². The first-order valence-corrected chi connectivity index (χ1v) is 4.83. The van der Waals surface area contributed by atoms with Gasteiger partial charge in [0.25, 0.3) is 5.91 Å². The molecule has 0 atom stereocenters. The third kappa shape index (κ3) is 3.22. The maximum Gasteiger partial charge on any atom is 0.251 e. The first-order chi connectivity index (χ1) is 6.09. The lowest BCUT2D eigenvalue weighted by Crippen LogP contribution is -2.30. The molecule has 0 spiro atoms. The van der Waals surface area contributed by atoms with Gasteiger partial charge in [0.05, 0.1) is 0 Å². The van der Waals surface area contributed by atoms with Crippen molar-refractivity contribution in [1.82, 2.24) is 5.32 Å². The Labute approximate surface area is 86.8 Å². The van der Waals surface area contributed by atoms with Crippen LogP contribution in [0.1, 0.15) is 24.2 Å². The van der Waals surface area contributed by atoms with Gasteiger partial charge >= 0.3 is 0 Å². The average molecular weight is 189 g/mol. The van der Waals surface area contributed by atoms with E-state index in [1.807, 2.05) is 38.1 Å². The molecule has 2 radical (unpaired) electrons. The number of carbonyl (C=O) groups is 1. The Morgan fingerprint density at radius 2 is 1.85 bits per heavy atom. The summed E-state index contributed by atoms with van der Waals surface area (Å²) in [6.07, 6.45) is 0. The molecule has 0 unspecified atom stereocenters. The third-order valence-corrected chi connectivity index (χ3v) is 1.98. The van der Waals surface area contributed by atoms with Crippen LogP contribution in [0.2, 0.25) is 0 Å². The van der Waals surface area contributed by atoms with E-state index in [0.29, 0.717) is 5.56 Å². The molecule has 0 bridgehead atoms. The minimum atomic E-state index is -0.0139. The van der Waals surface area contributed by atoms with Crippen LogP contribution in [0.25, 0.3) is 0 Å². The maximum absolute atomic E-state index is 11.4. The predicted molar refractivity (Wildman–Crippen MR) is 54.4 cm³/mol. The summed E-state index contributed by atoms with van der Waals surface area (Å²) in [4.78, 5) is 11.4. The molecule has 0 aliphatic rings. The molecule has 1 aromatic rings. The van der Waals surface area contributed by atoms with E-state index in [0.717, 1.165) is 4.43 Å². The fourth-order valence-corrected chi connectivity index (χ4v) is 1.17. The predicted octanol–water partition coefficient (Wildman–Crippen LogP) is 0.619. The second-order valence-electron chi connectivity index (χ2n) is 3.25. The van der Waals surface area contributed by atoms with Crippen LogP contribution in [0.15, 0.2) is 24.3 Å². The second-order valence-corrected chi connectivity index (χ2v) is 3.92. The summed E-state index contributed by atoms with van der Waals surface area (Å²) in [6, 6.07) is 7.63. The Bertz CT molecular complexity index is 292. The van der Waals surface area contributed by atoms with Crippen LogP contribution in [0.5, 0.6) is 0 Å². The second kappa shape index (κ2) is 4.46. The number of rotatable bonds is 2. The summed E-state index contributed by atoms with van der Waals surface area (Å²) in [5.74, 6) is -0.0139. The number of nitrogens with one attached hydrogen (secondary N) is 1. The molecule has 0 saturated heterocycles. The molecule has 1 N–H and O–H groups in total. The largest absolute Gasteiger partial charge is 0.350 e. The van der Waals surface area contributed by atoms with Crippen molar-refractivity contribution in [1.29, 1.82) is 0 Å². The molecule has 1 rings (SSSR count). The molecule has 66 valence electrons. The number of carbonyl (C=O) groups excluding carboxylic acids is 1. The lowest BCUT2D eigenvalue weighted by Gasteiger charge is -2.08. The van der Waals surface area contributed by atoms with Crippen molar-refractivity contribution >= 4 is 26.6 Å². The molecular formula is C10H12AlNO. The molecular weight excluding hydrogens is 177 g/mol. The highest BCUT2D eigenvalue weighted by molar-refractivity contribution is 6.32. The Balaban J connectivity index is 2.72. The first kappa shape index (κ1) is 10.3. The first-order valence-electron chi connectivity index (χ1n) is 4.26. The van der Waals surface area contributed by atoms with Crippen molar-refractivity contribution in [3.8, 4) is 0 Å². The van der Waals surface area contributed by atoms with E-state index in [1.165, 1.54) is 0 Å². The Hall–Kier alpha value is -0.778. The van der Waals surface area contributed by atoms with Crippen LogP contribution in [0.3, 0.4) is 0 Å². The standard InChI is InChI=1S/C10H12NO.Al/c1-8(2)11-10(12)9-6-4-3-5-7-9;/h4-8H,1-2H3,(H,11,12);. The Morgan fingerprint density at radius 3 is 2.31 bits per heavy atom. The summed E-state index contributed by atoms with van der Waals surface area (Å²) in [5.41, 5.74) is 0.708. The number of amides is 1. The summed E-state index contributed by atoms with van der Waals surface area (Å²) < 4.78 is 1.08. The molecule has 3 heteroatoms. The van der Waals surface area contributed by atoms with E-state index in [-0.39, 0.29) is 11.9 Å². The van der Waals surface area contributed by atoms with Crippen LogP contribution >= 0.6 is 0 Å². The zero-order valence-electron chi connectivity index (χ0n) is 7.87. The van der Waals surface area contributed by atoms with E-state index >= 15 is 0 Å². The molecule has 1 aromatic carbocycles. The monoisotopic (exact) mass is 189 g/mol. The zero-order chi connectivity index (χ0) is 9.84. The van der Waals surface area contributed by atoms with E-state index in [9.17, 15) is 4.79 Å². The van der Waals surface area contributed by atoms with E-state index in [4.69, 9.17) is 0 Å². The molecule has 0 fully saturated rings. The fourth-order valence-electron chi connectivity index (χ4n) is 0.980. The van der Waals surface area contributed by atoms with E-state index in [2.05, 4.69) is 21.6 Å². The lowest BCUT2D eigenvalue weighted by molar-refractivity contribution is 0.0943. The summed E-state index contributed by atoms with van der Waals surface area (Å²) >= 11 is 2.59. The number of hydrogen-bond acceptors (Lipinski definition) is 1. The molecule has 0 saturated carbocycles. The lowest BCUT2D eigenvalue weighted by atomic mass is 10.2. The van der Waals surface area contributed by atoms with Crippen LogP contribution in [0, 0.1) is 0 Å². The van der Waals surface area contributed by atoms with Crippen molar-refractivity contribution in [2.75, 3.05) is 0 Å². The van der Waals surface area contributed by atoms with Gasteiger partial charge in [-0.1, -0.05) is 24.3 Å². The highest BCUT2D eigenvalue weighted by Crippen LogP contribution is 1.96. The summed E-state index contributed by atoms with van der Waals surface area (Å²) in [5, 5.41) is 2.83. The van der Waals surface area contributed by atoms with Crippen LogP contribution in [0.4, 0.5) is 0 Å². The topological polar surface area (TPSA) is 29.1 Å². The zero-order valence-corrected chi connectivity index (χ0v) is 9.03. The fraction of sp³-hybridized carbons (Fsp3) is 0.300. The van der Waals surface area contributed by atoms with Crippen molar-refractivity contribution < 1.29 is 4.79 Å². The van der Waals surface area contributed by atoms with Gasteiger partial charge in [0.1, 0.15) is 0 Å². The van der Waals surface area contributed by atoms with Crippen molar-refractivity contribution in [2.45, 2.75) is 19.9 Å². The average Bonchev–Trinajstić information content (AvgIpc) is 2.04. The normalized spacial score (nSPS) is 10.1. The minimum Gasteiger partial charge on any atom is -0.350 e. The van der Waals surface area contributed by atoms with Crippen molar-refractivity contribution in [3.63, 3.8) is 0 Å². The highest BCUT2D eigenvalue weighted by Gasteiger charge is 2.04. The molecule has 1 amide bonds. The Kier molecular flexibility index (Phi) is 3.53. The third-order valence-electron chi connectivity index (χ3n) is 1.59. The molecule has 0 aliphatic carbocycles. The molecule has 0 heterocycles. The van der Waals surface area contributed by atoms with Gasteiger partial charge in [-0.25, -0.2) is 0 Å². The van der Waals surface area contributed by atoms with Gasteiger partial charge in [0.15, 0.2) is 16.3 Å². The van der Waals surface area contributed by atoms with Crippen molar-refractivity contribution in [2.24, 2.45) is 0 Å². The SMILES string of the molecule is CC(C)NC(=O)c1cc[c]([Al])cc1. The van der Waals surface area contributed by atoms with Crippen LogP contribution < -0.4 is 9.74 Å². The van der Waals surface area contributed by atoms with Gasteiger partial charge in [0.2, 0.25) is 0 Å². The molecule has 0 aromatic heterocycles. The minimum absolute atomic E-state index is 0.0139. The molecule has 13 heavy (non-hydrogen) atoms. The molecule has 2 nitrogen and oxygen atoms in total. The van der Waals surface area contributed by atoms with Crippen molar-refractivity contribution in [3.05, 3.63) is 29.8 Å².